The molecule has 0 saturated heterocycles. The van der Waals surface area contributed by atoms with Crippen molar-refractivity contribution in [2.75, 3.05) is 13.2 Å². The van der Waals surface area contributed by atoms with Gasteiger partial charge >= 0.3 is 17.9 Å². The molecule has 0 saturated carbocycles. The number of rotatable bonds is 49. The first kappa shape index (κ1) is 64.8. The van der Waals surface area contributed by atoms with Crippen molar-refractivity contribution >= 4 is 17.9 Å². The number of allylic oxidation sites excluding steroid dienone is 20. The van der Waals surface area contributed by atoms with Crippen LogP contribution >= 0.6 is 0 Å². The van der Waals surface area contributed by atoms with Crippen molar-refractivity contribution in [3.63, 3.8) is 0 Å². The topological polar surface area (TPSA) is 78.9 Å². The third-order valence-electron chi connectivity index (χ3n) is 11.5. The molecule has 0 rings (SSSR count). The van der Waals surface area contributed by atoms with Gasteiger partial charge in [0.15, 0.2) is 6.10 Å². The third kappa shape index (κ3) is 54.6. The van der Waals surface area contributed by atoms with Crippen LogP contribution in [0.25, 0.3) is 0 Å². The van der Waals surface area contributed by atoms with Crippen LogP contribution in [-0.2, 0) is 28.6 Å². The van der Waals surface area contributed by atoms with Gasteiger partial charge in [0, 0.05) is 19.3 Å². The van der Waals surface area contributed by atoms with Gasteiger partial charge in [0.2, 0.25) is 0 Å². The summed E-state index contributed by atoms with van der Waals surface area (Å²) in [4.78, 5) is 37.8. The van der Waals surface area contributed by atoms with Gasteiger partial charge in [-0.25, -0.2) is 0 Å². The van der Waals surface area contributed by atoms with Crippen LogP contribution in [0, 0.1) is 0 Å². The molecule has 1 unspecified atom stereocenters. The van der Waals surface area contributed by atoms with Crippen LogP contribution in [-0.4, -0.2) is 37.2 Å². The molecule has 0 aromatic heterocycles. The molecule has 0 radical (unpaired) electrons. The van der Waals surface area contributed by atoms with E-state index in [1.807, 2.05) is 0 Å². The Morgan fingerprint density at radius 2 is 0.580 bits per heavy atom. The first-order valence-corrected chi connectivity index (χ1v) is 28.0. The first-order chi connectivity index (χ1) is 34.0. The predicted octanol–water partition coefficient (Wildman–Crippen LogP) is 18.9. The van der Waals surface area contributed by atoms with Gasteiger partial charge < -0.3 is 14.2 Å². The van der Waals surface area contributed by atoms with Crippen LogP contribution < -0.4 is 0 Å². The summed E-state index contributed by atoms with van der Waals surface area (Å²) in [5.74, 6) is -0.932. The Labute approximate surface area is 424 Å². The maximum absolute atomic E-state index is 12.7. The Morgan fingerprint density at radius 3 is 0.942 bits per heavy atom. The highest BCUT2D eigenvalue weighted by Crippen LogP contribution is 2.13. The average molecular weight is 956 g/mol. The maximum atomic E-state index is 12.7. The minimum atomic E-state index is -0.788. The number of carbonyl (C=O) groups is 3. The highest BCUT2D eigenvalue weighted by atomic mass is 16.6. The number of carbonyl (C=O) groups excluding carboxylic acids is 3. The van der Waals surface area contributed by atoms with Crippen LogP contribution in [0.15, 0.2) is 122 Å². The Bertz CT molecular complexity index is 1470. The molecule has 0 amide bonds. The number of hydrogen-bond donors (Lipinski definition) is 0. The second kappa shape index (κ2) is 56.4. The Kier molecular flexibility index (Phi) is 53.0. The molecule has 6 heteroatoms. The fourth-order valence-corrected chi connectivity index (χ4v) is 7.24. The Morgan fingerprint density at radius 1 is 0.304 bits per heavy atom. The summed E-state index contributed by atoms with van der Waals surface area (Å²) in [7, 11) is 0. The summed E-state index contributed by atoms with van der Waals surface area (Å²) in [6.45, 7) is 6.40. The van der Waals surface area contributed by atoms with Crippen molar-refractivity contribution in [1.82, 2.24) is 0 Å². The Balaban J connectivity index is 4.16. The molecule has 6 nitrogen and oxygen atoms in total. The Hall–Kier alpha value is -4.19. The van der Waals surface area contributed by atoms with Crippen molar-refractivity contribution in [3.05, 3.63) is 122 Å². The molecule has 0 aromatic rings. The SMILES string of the molecule is CC/C=C\C/C=C\C/C=C\C/C=C\C/C=C\C/C=C\C/C=C\C/C=C\C/C=C\CCCCCCCC(=O)OCC(COC(=O)CCCCCCCCC)OC(=O)CCCCCCC/C=C\CCCC. The average Bonchev–Trinajstić information content (AvgIpc) is 3.35. The predicted molar refractivity (Wildman–Crippen MR) is 297 cm³/mol. The van der Waals surface area contributed by atoms with Gasteiger partial charge in [0.05, 0.1) is 0 Å². The fraction of sp³-hybridized carbons (Fsp3) is 0.635. The molecular weight excluding hydrogens is 853 g/mol. The molecule has 0 aromatic carbocycles. The van der Waals surface area contributed by atoms with E-state index < -0.39 is 6.10 Å². The van der Waals surface area contributed by atoms with E-state index in [0.29, 0.717) is 19.3 Å². The molecule has 0 bridgehead atoms. The number of hydrogen-bond acceptors (Lipinski definition) is 6. The summed E-state index contributed by atoms with van der Waals surface area (Å²) >= 11 is 0. The van der Waals surface area contributed by atoms with E-state index in [0.717, 1.165) is 148 Å². The molecular formula is C63H102O6. The lowest BCUT2D eigenvalue weighted by atomic mass is 10.1. The lowest BCUT2D eigenvalue weighted by Gasteiger charge is -2.18. The first-order valence-electron chi connectivity index (χ1n) is 28.0. The maximum Gasteiger partial charge on any atom is 0.306 e. The monoisotopic (exact) mass is 955 g/mol. The smallest absolute Gasteiger partial charge is 0.306 e. The van der Waals surface area contributed by atoms with E-state index in [1.54, 1.807) is 0 Å². The van der Waals surface area contributed by atoms with Gasteiger partial charge in [0.25, 0.3) is 0 Å². The summed E-state index contributed by atoms with van der Waals surface area (Å²) in [6.07, 6.45) is 77.9. The van der Waals surface area contributed by atoms with Crippen LogP contribution in [0.3, 0.4) is 0 Å². The van der Waals surface area contributed by atoms with Crippen LogP contribution in [0.2, 0.25) is 0 Å². The molecule has 0 aliphatic rings. The van der Waals surface area contributed by atoms with E-state index in [4.69, 9.17) is 14.2 Å². The fourth-order valence-electron chi connectivity index (χ4n) is 7.24. The largest absolute Gasteiger partial charge is 0.462 e. The van der Waals surface area contributed by atoms with Gasteiger partial charge in [-0.15, -0.1) is 0 Å². The van der Waals surface area contributed by atoms with Gasteiger partial charge in [-0.05, 0) is 109 Å². The highest BCUT2D eigenvalue weighted by molar-refractivity contribution is 5.71. The van der Waals surface area contributed by atoms with Crippen LogP contribution in [0.4, 0.5) is 0 Å². The van der Waals surface area contributed by atoms with E-state index in [1.165, 1.54) is 51.4 Å². The minimum absolute atomic E-state index is 0.0888. The zero-order valence-corrected chi connectivity index (χ0v) is 44.5. The summed E-state index contributed by atoms with van der Waals surface area (Å²) < 4.78 is 16.7. The number of ether oxygens (including phenoxy) is 3. The van der Waals surface area contributed by atoms with Crippen LogP contribution in [0.5, 0.6) is 0 Å². The molecule has 1 atom stereocenters. The second-order valence-corrected chi connectivity index (χ2v) is 18.1. The normalized spacial score (nSPS) is 13.0. The number of unbranched alkanes of at least 4 members (excludes halogenated alkanes) is 18. The second-order valence-electron chi connectivity index (χ2n) is 18.1. The summed E-state index contributed by atoms with van der Waals surface area (Å²) in [6, 6.07) is 0. The summed E-state index contributed by atoms with van der Waals surface area (Å²) in [5, 5.41) is 0. The minimum Gasteiger partial charge on any atom is -0.462 e. The molecule has 390 valence electrons. The molecule has 0 aliphatic heterocycles. The quantitative estimate of drug-likeness (QED) is 0.0262. The molecule has 0 fully saturated rings. The van der Waals surface area contributed by atoms with Crippen molar-refractivity contribution < 1.29 is 28.6 Å². The van der Waals surface area contributed by atoms with Gasteiger partial charge in [-0.3, -0.25) is 14.4 Å². The standard InChI is InChI=1S/C63H102O6/c1-4-7-10-13-16-18-20-21-22-23-24-25-26-27-28-29-30-31-32-33-34-35-36-37-38-39-40-41-43-44-47-50-53-56-62(65)68-59-60(58-67-61(64)55-52-49-46-15-12-9-6-3)69-63(66)57-54-51-48-45-42-19-17-14-11-8-5-2/h7,10,14,16-18,21-22,24-25,27-28,30-31,33-34,36-37,39-40,60H,4-6,8-9,11-13,15,19-20,23,26,29,32,35,38,41-59H2,1-3H3/b10-7-,17-14-,18-16-,22-21-,25-24-,28-27-,31-30-,34-33-,37-36-,40-39-. The van der Waals surface area contributed by atoms with Crippen molar-refractivity contribution in [2.45, 2.75) is 245 Å². The van der Waals surface area contributed by atoms with E-state index in [9.17, 15) is 14.4 Å². The van der Waals surface area contributed by atoms with Gasteiger partial charge in [-0.2, -0.15) is 0 Å². The summed E-state index contributed by atoms with van der Waals surface area (Å²) in [5.41, 5.74) is 0. The zero-order valence-electron chi connectivity index (χ0n) is 44.5. The van der Waals surface area contributed by atoms with Crippen LogP contribution in [0.1, 0.15) is 239 Å². The highest BCUT2D eigenvalue weighted by Gasteiger charge is 2.19. The van der Waals surface area contributed by atoms with E-state index in [-0.39, 0.29) is 31.1 Å². The third-order valence-corrected chi connectivity index (χ3v) is 11.5. The lowest BCUT2D eigenvalue weighted by molar-refractivity contribution is -0.167. The van der Waals surface area contributed by atoms with E-state index in [2.05, 4.69) is 142 Å². The molecule has 0 spiro atoms. The molecule has 69 heavy (non-hydrogen) atoms. The van der Waals surface area contributed by atoms with E-state index >= 15 is 0 Å². The van der Waals surface area contributed by atoms with Crippen molar-refractivity contribution in [2.24, 2.45) is 0 Å². The molecule has 0 heterocycles. The zero-order chi connectivity index (χ0) is 50.0. The van der Waals surface area contributed by atoms with Gasteiger partial charge in [0.1, 0.15) is 13.2 Å². The molecule has 0 aliphatic carbocycles. The van der Waals surface area contributed by atoms with Crippen molar-refractivity contribution in [3.8, 4) is 0 Å². The molecule has 0 N–H and O–H groups in total. The lowest BCUT2D eigenvalue weighted by Crippen LogP contribution is -2.30. The van der Waals surface area contributed by atoms with Crippen molar-refractivity contribution in [1.29, 1.82) is 0 Å². The number of esters is 3. The van der Waals surface area contributed by atoms with Gasteiger partial charge in [-0.1, -0.05) is 232 Å².